The maximum atomic E-state index is 9.77. The topological polar surface area (TPSA) is 639 Å². The molecule has 0 amide bonds. The Balaban J connectivity index is -0.0000000171. The predicted molar refractivity (Wildman–Crippen MR) is 144 cm³/mol. The first-order valence-corrected chi connectivity index (χ1v) is 10.1. The van der Waals surface area contributed by atoms with Crippen LogP contribution in [0.1, 0.15) is 77.0 Å². The van der Waals surface area contributed by atoms with Crippen molar-refractivity contribution in [3.8, 4) is 0 Å². The van der Waals surface area contributed by atoms with Crippen molar-refractivity contribution < 1.29 is 184 Å². The molecule has 0 aromatic heterocycles. The molecular formula is C20H52Co3O26+6. The Morgan fingerprint density at radius 2 is 0.408 bits per heavy atom. The Hall–Kier alpha value is -3.12. The molecule has 0 atom stereocenters. The van der Waals surface area contributed by atoms with Gasteiger partial charge in [-0.1, -0.05) is 0 Å². The minimum absolute atomic E-state index is 0. The van der Waals surface area contributed by atoms with Crippen LogP contribution >= 0.6 is 0 Å². The van der Waals surface area contributed by atoms with Gasteiger partial charge in [0, 0.05) is 48.7 Å². The molecule has 3 radical (unpaired) electrons. The smallest absolute Gasteiger partial charge is 0.550 e. The molecule has 0 rings (SSSR count). The number of hydrogen-bond acceptors (Lipinski definition) is 14. The third-order valence-electron chi connectivity index (χ3n) is 3.07. The maximum Gasteiger partial charge on any atom is 2.00 e. The molecule has 29 heteroatoms. The van der Waals surface area contributed by atoms with Crippen LogP contribution in [-0.2, 0) is 122 Å². The second-order valence-corrected chi connectivity index (χ2v) is 6.43. The van der Waals surface area contributed by atoms with Crippen molar-refractivity contribution in [3.63, 3.8) is 0 Å². The molecule has 309 valence electrons. The molecule has 28 N–H and O–H groups in total. The van der Waals surface area contributed by atoms with Gasteiger partial charge in [-0.2, -0.15) is 0 Å². The van der Waals surface area contributed by atoms with E-state index < -0.39 is 47.8 Å². The third kappa shape index (κ3) is 189. The van der Waals surface area contributed by atoms with E-state index in [1.807, 2.05) is 0 Å². The minimum Gasteiger partial charge on any atom is -0.550 e. The van der Waals surface area contributed by atoms with Crippen LogP contribution in [-0.4, -0.2) is 79.9 Å². The van der Waals surface area contributed by atoms with Crippen LogP contribution in [0.5, 0.6) is 0 Å². The van der Waals surface area contributed by atoms with Gasteiger partial charge in [0.1, 0.15) is 0 Å². The summed E-state index contributed by atoms with van der Waals surface area (Å²) in [6.07, 6.45) is -0.935. The van der Waals surface area contributed by atoms with Gasteiger partial charge >= 0.3 is 62.3 Å². The zero-order valence-electron chi connectivity index (χ0n) is 25.6. The quantitative estimate of drug-likeness (QED) is 0.136. The van der Waals surface area contributed by atoms with E-state index in [-0.39, 0.29) is 182 Å². The Kier molecular flexibility index (Phi) is 181. The molecule has 0 unspecified atom stereocenters. The van der Waals surface area contributed by atoms with E-state index in [9.17, 15) is 69.0 Å². The maximum absolute atomic E-state index is 9.77. The number of carbonyl (C=O) groups excluding carboxylic acids is 6. The van der Waals surface area contributed by atoms with Gasteiger partial charge in [-0.15, -0.1) is 0 Å². The summed E-state index contributed by atoms with van der Waals surface area (Å²) in [7, 11) is 0. The van der Waals surface area contributed by atoms with E-state index in [1.54, 1.807) is 0 Å². The summed E-state index contributed by atoms with van der Waals surface area (Å²) in [4.78, 5) is 77.5. The van der Waals surface area contributed by atoms with Crippen LogP contribution in [0.3, 0.4) is 0 Å². The molecule has 0 heterocycles. The summed E-state index contributed by atoms with van der Waals surface area (Å²) in [5.74, 6) is -9.25. The first-order chi connectivity index (χ1) is 16.5. The molecular weight excluding hydrogens is 833 g/mol. The van der Waals surface area contributed by atoms with E-state index in [1.165, 1.54) is 0 Å². The van der Waals surface area contributed by atoms with E-state index >= 15 is 0 Å². The van der Waals surface area contributed by atoms with Crippen LogP contribution in [0.4, 0.5) is 0 Å². The SMILES string of the molecule is O.O.O.O.O=C([O-])CCCC(=O)O.O=C([O-])CCCC(=O)O.O=C([O-])CCCC(=O)[O-].O=C([O-])CCCC(=O)[O-].[Co+2].[Co+2].[Co+2].[OH3+].[OH3+].[OH3+].[OH3+].[OH3+].[OH3+]. The van der Waals surface area contributed by atoms with Gasteiger partial charge in [-0.05, 0) is 64.2 Å². The third-order valence-corrected chi connectivity index (χ3v) is 3.07. The summed E-state index contributed by atoms with van der Waals surface area (Å²) >= 11 is 0. The number of aliphatic carboxylic acids is 8. The van der Waals surface area contributed by atoms with E-state index in [4.69, 9.17) is 10.2 Å². The average Bonchev–Trinajstić information content (AvgIpc) is 2.67. The molecule has 0 aliphatic rings. The summed E-state index contributed by atoms with van der Waals surface area (Å²) in [6, 6.07) is 0. The molecule has 49 heavy (non-hydrogen) atoms. The average molecular weight is 885 g/mol. The molecule has 26 nitrogen and oxygen atoms in total. The first kappa shape index (κ1) is 111. The second-order valence-electron chi connectivity index (χ2n) is 6.43. The van der Waals surface area contributed by atoms with Crippen LogP contribution in [0.25, 0.3) is 0 Å². The molecule has 0 spiro atoms. The molecule has 0 aliphatic carbocycles. The van der Waals surface area contributed by atoms with Gasteiger partial charge in [-0.25, -0.2) is 0 Å². The minimum atomic E-state index is -1.23. The zero-order chi connectivity index (χ0) is 29.1. The molecule has 0 aromatic rings. The van der Waals surface area contributed by atoms with Crippen LogP contribution in [0.15, 0.2) is 0 Å². The van der Waals surface area contributed by atoms with Crippen molar-refractivity contribution in [1.29, 1.82) is 0 Å². The summed E-state index contributed by atoms with van der Waals surface area (Å²) in [5.41, 5.74) is 0. The molecule has 0 saturated carbocycles. The number of hydrogen-bond donors (Lipinski definition) is 2. The van der Waals surface area contributed by atoms with Gasteiger partial charge in [-0.3, -0.25) is 9.59 Å². The number of carbonyl (C=O) groups is 8. The largest absolute Gasteiger partial charge is 2.00 e. The standard InChI is InChI=1S/4C5H8O4.3Co.10H2O/c4*6-4(7)2-1-3-5(8)9;;;;;;;;;;;;;/h4*1-3H2,(H,6,7)(H,8,9);;;;10*1H2/q;;;;3*+2;;;;;;;;;;. The summed E-state index contributed by atoms with van der Waals surface area (Å²) < 4.78 is 0. The fourth-order valence-electron chi connectivity index (χ4n) is 1.52. The second kappa shape index (κ2) is 79.9. The van der Waals surface area contributed by atoms with Crippen LogP contribution < -0.4 is 30.6 Å². The van der Waals surface area contributed by atoms with Gasteiger partial charge in [0.25, 0.3) is 0 Å². The first-order valence-electron chi connectivity index (χ1n) is 10.1. The van der Waals surface area contributed by atoms with Gasteiger partial charge in [0.05, 0.1) is 0 Å². The molecule has 0 aromatic carbocycles. The summed E-state index contributed by atoms with van der Waals surface area (Å²) in [5, 5.41) is 74.0. The van der Waals surface area contributed by atoms with Crippen LogP contribution in [0.2, 0.25) is 0 Å². The van der Waals surface area contributed by atoms with Crippen molar-refractivity contribution in [1.82, 2.24) is 0 Å². The van der Waals surface area contributed by atoms with Crippen molar-refractivity contribution >= 4 is 47.8 Å². The number of carboxylic acids is 8. The van der Waals surface area contributed by atoms with E-state index in [2.05, 4.69) is 0 Å². The fraction of sp³-hybridized carbons (Fsp3) is 0.600. The normalized spacial score (nSPS) is 6.53. The van der Waals surface area contributed by atoms with Gasteiger partial charge < -0.3 is 124 Å². The number of rotatable bonds is 16. The Morgan fingerprint density at radius 3 is 0.490 bits per heavy atom. The van der Waals surface area contributed by atoms with Crippen molar-refractivity contribution in [2.75, 3.05) is 0 Å². The molecule has 0 aliphatic heterocycles. The van der Waals surface area contributed by atoms with Gasteiger partial charge in [0.2, 0.25) is 0 Å². The monoisotopic (exact) mass is 885 g/mol. The number of carboxylic acid groups (broad SMARTS) is 8. The molecule has 0 fully saturated rings. The predicted octanol–water partition coefficient (Wildman–Crippen LogP) is -15.5. The Morgan fingerprint density at radius 1 is 0.306 bits per heavy atom. The van der Waals surface area contributed by atoms with E-state index in [0.717, 1.165) is 0 Å². The zero-order valence-corrected chi connectivity index (χ0v) is 28.7. The Labute approximate surface area is 308 Å². The van der Waals surface area contributed by atoms with Gasteiger partial charge in [0.15, 0.2) is 0 Å². The molecule has 0 saturated heterocycles. The fourth-order valence-corrected chi connectivity index (χ4v) is 1.52. The summed E-state index contributed by atoms with van der Waals surface area (Å²) in [6.45, 7) is 0. The van der Waals surface area contributed by atoms with Crippen molar-refractivity contribution in [3.05, 3.63) is 0 Å². The van der Waals surface area contributed by atoms with Crippen molar-refractivity contribution in [2.45, 2.75) is 77.0 Å². The molecule has 0 bridgehead atoms. The van der Waals surface area contributed by atoms with E-state index in [0.29, 0.717) is 0 Å². The van der Waals surface area contributed by atoms with Crippen molar-refractivity contribution in [2.24, 2.45) is 0 Å². The Bertz CT molecular complexity index is 563. The van der Waals surface area contributed by atoms with Crippen LogP contribution in [0, 0.1) is 0 Å².